The summed E-state index contributed by atoms with van der Waals surface area (Å²) in [7, 11) is 0.276. The summed E-state index contributed by atoms with van der Waals surface area (Å²) in [5.74, 6) is -9.23. The number of thiazole rings is 1. The summed E-state index contributed by atoms with van der Waals surface area (Å²) in [5, 5.41) is 37.6. The number of amides is 9. The number of nitrogens with one attached hydrogen (secondary N) is 6. The van der Waals surface area contributed by atoms with Gasteiger partial charge in [-0.1, -0.05) is 47.1 Å². The second kappa shape index (κ2) is 31.8. The first-order valence-electron chi connectivity index (χ1n) is 29.5. The van der Waals surface area contributed by atoms with Gasteiger partial charge in [0.15, 0.2) is 0 Å². The molecule has 25 heteroatoms. The molecule has 24 nitrogen and oxygen atoms in total. The Bertz CT molecular complexity index is 2740. The van der Waals surface area contributed by atoms with Crippen LogP contribution in [0.4, 0.5) is 5.69 Å². The minimum absolute atomic E-state index is 0.0424. The highest BCUT2D eigenvalue weighted by Gasteiger charge is 2.39. The van der Waals surface area contributed by atoms with Crippen LogP contribution >= 0.6 is 11.3 Å². The molecule has 1 aliphatic heterocycles. The van der Waals surface area contributed by atoms with Gasteiger partial charge in [-0.15, -0.1) is 11.3 Å². The molecule has 444 valence electrons. The van der Waals surface area contributed by atoms with Crippen LogP contribution in [0.1, 0.15) is 136 Å². The van der Waals surface area contributed by atoms with Gasteiger partial charge in [0, 0.05) is 80.1 Å². The number of ether oxygens (including phenoxy) is 2. The van der Waals surface area contributed by atoms with Gasteiger partial charge in [0.2, 0.25) is 35.4 Å². The molecular weight excluding hydrogens is 1060 g/mol. The molecule has 0 spiro atoms. The van der Waals surface area contributed by atoms with Crippen molar-refractivity contribution in [1.29, 1.82) is 0 Å². The van der Waals surface area contributed by atoms with E-state index >= 15 is 0 Å². The van der Waals surface area contributed by atoms with E-state index in [1.54, 1.807) is 60.5 Å². The fraction of sp³-hybridized carbons (Fsp3) is 0.618. The molecular formula is C55H84N10O14S. The van der Waals surface area contributed by atoms with E-state index in [1.807, 2.05) is 0 Å². The van der Waals surface area contributed by atoms with Crippen molar-refractivity contribution in [3.63, 3.8) is 0 Å². The standard InChI is InChI=1S/C55H84N10O14S/c1-14-32(4)47(62-54(77)55(8,9)63(10)11)52(74)64(12)40(31(2)3)29-42(78-13)51-61-39(30-80-51)50(73)59-37(26-33(5)53(75)76)27-36-17-18-41(66)38(28-36)60-49(72)35(7)58-48(71)34(6)57-44(68)21-24-79-25-22-56-43(67)16-15-23-65-45(69)19-20-46(65)70/h17-20,28,30-35,37,40,42,47,66H,14-16,21-27,29H2,1-13H3,(H,56,67)(H,57,68)(H,58,71)(H,59,73)(H,60,72)(H,62,77)(H,75,76)/t32-,33-,34-,35-,37+,40+,42+,47-/m0/s1/i12D3,13D3. The zero-order valence-corrected chi connectivity index (χ0v) is 48.2. The Morgan fingerprint density at radius 3 is 2.16 bits per heavy atom. The lowest BCUT2D eigenvalue weighted by Gasteiger charge is -2.38. The minimum atomic E-state index is -3.10. The van der Waals surface area contributed by atoms with E-state index in [2.05, 4.69) is 36.9 Å². The maximum absolute atomic E-state index is 14.6. The number of anilines is 1. The van der Waals surface area contributed by atoms with Gasteiger partial charge in [-0.3, -0.25) is 57.7 Å². The third-order valence-corrected chi connectivity index (χ3v) is 14.8. The molecule has 1 aromatic heterocycles. The molecule has 1 aliphatic rings. The van der Waals surface area contributed by atoms with E-state index in [4.69, 9.17) is 17.7 Å². The van der Waals surface area contributed by atoms with Crippen LogP contribution in [0.5, 0.6) is 5.75 Å². The first-order valence-corrected chi connectivity index (χ1v) is 27.3. The number of carbonyl (C=O) groups is 10. The molecule has 2 aromatic rings. The third kappa shape index (κ3) is 20.4. The Kier molecular flexibility index (Phi) is 23.0. The van der Waals surface area contributed by atoms with Gasteiger partial charge in [-0.2, -0.15) is 0 Å². The van der Waals surface area contributed by atoms with Crippen molar-refractivity contribution in [2.75, 3.05) is 59.7 Å². The number of carboxylic acids is 1. The van der Waals surface area contributed by atoms with Crippen LogP contribution in [0.3, 0.4) is 0 Å². The topological polar surface area (TPSA) is 324 Å². The van der Waals surface area contributed by atoms with Gasteiger partial charge < -0.3 is 56.5 Å². The second-order valence-electron chi connectivity index (χ2n) is 20.9. The molecule has 8 atom stereocenters. The lowest BCUT2D eigenvalue weighted by atomic mass is 9.92. The minimum Gasteiger partial charge on any atom is -0.506 e. The number of carboxylic acid groups (broad SMARTS) is 1. The Morgan fingerprint density at radius 1 is 0.875 bits per heavy atom. The number of aliphatic carboxylic acids is 1. The molecule has 3 rings (SSSR count). The number of rotatable bonds is 34. The van der Waals surface area contributed by atoms with Gasteiger partial charge in [0.1, 0.15) is 40.7 Å². The number of hydrogen-bond acceptors (Lipinski definition) is 16. The smallest absolute Gasteiger partial charge is 0.306 e. The van der Waals surface area contributed by atoms with Gasteiger partial charge in [-0.05, 0) is 90.6 Å². The number of carbonyl (C=O) groups excluding carboxylic acids is 9. The Hall–Kier alpha value is -6.83. The van der Waals surface area contributed by atoms with Crippen molar-refractivity contribution in [2.45, 2.75) is 149 Å². The van der Waals surface area contributed by atoms with E-state index in [9.17, 15) is 58.2 Å². The quantitative estimate of drug-likeness (QED) is 0.0284. The predicted molar refractivity (Wildman–Crippen MR) is 299 cm³/mol. The summed E-state index contributed by atoms with van der Waals surface area (Å²) < 4.78 is 60.8. The molecule has 9 amide bonds. The normalized spacial score (nSPS) is 16.9. The Balaban J connectivity index is 1.71. The van der Waals surface area contributed by atoms with Crippen LogP contribution in [0, 0.1) is 17.8 Å². The average molecular weight is 1150 g/mol. The lowest BCUT2D eigenvalue weighted by Crippen LogP contribution is -2.60. The monoisotopic (exact) mass is 1150 g/mol. The lowest BCUT2D eigenvalue weighted by molar-refractivity contribution is -0.142. The van der Waals surface area contributed by atoms with Crippen molar-refractivity contribution in [3.05, 3.63) is 52.0 Å². The number of methoxy groups -OCH3 is 1. The van der Waals surface area contributed by atoms with Gasteiger partial charge in [0.05, 0.1) is 34.5 Å². The number of hydrogen-bond donors (Lipinski definition) is 8. The number of phenolic OH excluding ortho intramolecular Hbond substituents is 1. The molecule has 0 saturated heterocycles. The summed E-state index contributed by atoms with van der Waals surface area (Å²) in [4.78, 5) is 136. The van der Waals surface area contributed by atoms with Crippen LogP contribution in [0.2, 0.25) is 0 Å². The number of aromatic nitrogens is 1. The summed E-state index contributed by atoms with van der Waals surface area (Å²) in [6, 6.07) is -1.67. The largest absolute Gasteiger partial charge is 0.506 e. The van der Waals surface area contributed by atoms with Gasteiger partial charge in [0.25, 0.3) is 17.7 Å². The predicted octanol–water partition coefficient (Wildman–Crippen LogP) is 2.91. The van der Waals surface area contributed by atoms with E-state index in [0.717, 1.165) is 28.4 Å². The highest BCUT2D eigenvalue weighted by atomic mass is 32.1. The van der Waals surface area contributed by atoms with E-state index in [1.165, 1.54) is 44.4 Å². The van der Waals surface area contributed by atoms with E-state index < -0.39 is 133 Å². The van der Waals surface area contributed by atoms with Crippen LogP contribution in [-0.4, -0.2) is 179 Å². The van der Waals surface area contributed by atoms with Crippen LogP contribution in [0.15, 0.2) is 35.7 Å². The molecule has 0 fully saturated rings. The maximum Gasteiger partial charge on any atom is 0.306 e. The molecule has 8 N–H and O–H groups in total. The number of likely N-dealkylation sites (N-methyl/N-ethyl adjacent to an activating group) is 2. The van der Waals surface area contributed by atoms with E-state index in [0.29, 0.717) is 16.9 Å². The fourth-order valence-corrected chi connectivity index (χ4v) is 8.76. The van der Waals surface area contributed by atoms with Crippen LogP contribution in [-0.2, 0) is 59.0 Å². The molecule has 80 heavy (non-hydrogen) atoms. The number of benzene rings is 1. The molecule has 0 bridgehead atoms. The molecule has 0 unspecified atom stereocenters. The van der Waals surface area contributed by atoms with Crippen molar-refractivity contribution in [3.8, 4) is 5.75 Å². The fourth-order valence-electron chi connectivity index (χ4n) is 7.92. The second-order valence-corrected chi connectivity index (χ2v) is 21.8. The van der Waals surface area contributed by atoms with E-state index in [-0.39, 0.29) is 86.5 Å². The molecule has 2 heterocycles. The first kappa shape index (κ1) is 57.8. The molecule has 0 saturated carbocycles. The molecule has 1 aromatic carbocycles. The summed E-state index contributed by atoms with van der Waals surface area (Å²) >= 11 is 0.828. The summed E-state index contributed by atoms with van der Waals surface area (Å²) in [6.07, 6.45) is 0.788. The summed E-state index contributed by atoms with van der Waals surface area (Å²) in [6.45, 7) is 11.4. The first-order chi connectivity index (χ1) is 39.9. The number of phenols is 1. The highest BCUT2D eigenvalue weighted by molar-refractivity contribution is 7.09. The highest BCUT2D eigenvalue weighted by Crippen LogP contribution is 2.31. The number of nitrogens with zero attached hydrogens (tertiary/aromatic N) is 4. The number of imide groups is 1. The average Bonchev–Trinajstić information content (AvgIpc) is 1.78. The molecule has 0 radical (unpaired) electrons. The van der Waals surface area contributed by atoms with Crippen molar-refractivity contribution in [1.82, 2.24) is 46.3 Å². The number of aromatic hydroxyl groups is 1. The van der Waals surface area contributed by atoms with Crippen molar-refractivity contribution < 1.29 is 75.9 Å². The third-order valence-electron chi connectivity index (χ3n) is 13.9. The van der Waals surface area contributed by atoms with Gasteiger partial charge in [-0.25, -0.2) is 4.98 Å². The maximum atomic E-state index is 14.6. The van der Waals surface area contributed by atoms with Crippen molar-refractivity contribution in [2.24, 2.45) is 17.8 Å². The van der Waals surface area contributed by atoms with Crippen LogP contribution < -0.4 is 31.9 Å². The van der Waals surface area contributed by atoms with Crippen molar-refractivity contribution >= 4 is 76.2 Å². The Labute approximate surface area is 481 Å². The Morgan fingerprint density at radius 2 is 1.55 bits per heavy atom. The SMILES string of the molecule is [2H]C([2H])([2H])O[C@H](C[C@H](C(C)C)N(C(=O)[C@@H](NC(=O)C(C)(C)N(C)C)[C@@H](C)CC)C([2H])([2H])[2H])c1nc(C(=O)N[C@@H](Cc2ccc(O)c(NC(=O)[C@H](C)NC(=O)[C@H](C)NC(=O)CCOCCNC(=O)CCCN3C(=O)C=CC3=O)c2)C[C@H](C)C(=O)O)cs1. The molecule has 0 aliphatic carbocycles. The summed E-state index contributed by atoms with van der Waals surface area (Å²) in [5.41, 5.74) is -1.04. The van der Waals surface area contributed by atoms with Gasteiger partial charge >= 0.3 is 5.97 Å². The van der Waals surface area contributed by atoms with Crippen LogP contribution in [0.25, 0.3) is 0 Å². The zero-order valence-electron chi connectivity index (χ0n) is 53.4. The zero-order chi connectivity index (χ0) is 65.2.